The van der Waals surface area contributed by atoms with Gasteiger partial charge < -0.3 is 0 Å². The van der Waals surface area contributed by atoms with Gasteiger partial charge in [-0.25, -0.2) is 0 Å². The van der Waals surface area contributed by atoms with E-state index in [4.69, 9.17) is 11.6 Å². The summed E-state index contributed by atoms with van der Waals surface area (Å²) in [5, 5.41) is 0.483. The topological polar surface area (TPSA) is 17.1 Å². The van der Waals surface area contributed by atoms with E-state index in [1.807, 2.05) is 24.3 Å². The molecule has 0 saturated heterocycles. The fraction of sp³-hybridized carbons (Fsp3) is 0.188. The monoisotopic (exact) mass is 336 g/mol. The molecule has 0 N–H and O–H groups in total. The van der Waals surface area contributed by atoms with Gasteiger partial charge in [-0.05, 0) is 58.6 Å². The zero-order chi connectivity index (χ0) is 14.0. The van der Waals surface area contributed by atoms with Crippen LogP contribution in [0.5, 0.6) is 0 Å². The lowest BCUT2D eigenvalue weighted by molar-refractivity contribution is 0.0993. The van der Waals surface area contributed by atoms with Gasteiger partial charge in [-0.1, -0.05) is 35.9 Å². The first kappa shape index (κ1) is 14.3. The molecule has 0 unspecified atom stereocenters. The minimum Gasteiger partial charge on any atom is -0.294 e. The van der Waals surface area contributed by atoms with Crippen molar-refractivity contribution in [3.05, 3.63) is 68.1 Å². The fourth-order valence-electron chi connectivity index (χ4n) is 1.91. The molecule has 2 aromatic rings. The third kappa shape index (κ3) is 3.26. The molecule has 3 heteroatoms. The maximum absolute atomic E-state index is 12.3. The average molecular weight is 338 g/mol. The number of halogens is 2. The molecule has 2 rings (SSSR count). The first-order valence-electron chi connectivity index (χ1n) is 6.02. The number of rotatable bonds is 3. The van der Waals surface area contributed by atoms with Crippen LogP contribution >= 0.6 is 27.5 Å². The van der Waals surface area contributed by atoms with Crippen molar-refractivity contribution in [3.8, 4) is 0 Å². The lowest BCUT2D eigenvalue weighted by atomic mass is 9.99. The van der Waals surface area contributed by atoms with Crippen molar-refractivity contribution in [1.82, 2.24) is 0 Å². The van der Waals surface area contributed by atoms with E-state index in [1.54, 1.807) is 6.07 Å². The molecule has 0 atom stereocenters. The Morgan fingerprint density at radius 1 is 1.16 bits per heavy atom. The van der Waals surface area contributed by atoms with Crippen molar-refractivity contribution in [2.75, 3.05) is 0 Å². The average Bonchev–Trinajstić information content (AvgIpc) is 2.37. The van der Waals surface area contributed by atoms with E-state index in [2.05, 4.69) is 35.8 Å². The van der Waals surface area contributed by atoms with Crippen LogP contribution in [0.4, 0.5) is 0 Å². The standard InChI is InChI=1S/C16H14BrClO/c1-10-6-7-12(8-11(10)2)9-15(19)13-4-3-5-14(17)16(13)18/h3-8H,9H2,1-2H3. The van der Waals surface area contributed by atoms with Crippen LogP contribution in [0.15, 0.2) is 40.9 Å². The molecule has 19 heavy (non-hydrogen) atoms. The lowest BCUT2D eigenvalue weighted by Crippen LogP contribution is -2.05. The van der Waals surface area contributed by atoms with E-state index in [0.29, 0.717) is 17.0 Å². The molecule has 1 nitrogen and oxygen atoms in total. The van der Waals surface area contributed by atoms with Crippen LogP contribution in [0.25, 0.3) is 0 Å². The number of carbonyl (C=O) groups excluding carboxylic acids is 1. The van der Waals surface area contributed by atoms with E-state index in [1.165, 1.54) is 11.1 Å². The van der Waals surface area contributed by atoms with E-state index >= 15 is 0 Å². The number of hydrogen-bond acceptors (Lipinski definition) is 1. The van der Waals surface area contributed by atoms with E-state index < -0.39 is 0 Å². The zero-order valence-corrected chi connectivity index (χ0v) is 13.2. The third-order valence-electron chi connectivity index (χ3n) is 3.19. The highest BCUT2D eigenvalue weighted by Gasteiger charge is 2.13. The Hall–Kier alpha value is -1.12. The second kappa shape index (κ2) is 5.89. The summed E-state index contributed by atoms with van der Waals surface area (Å²) in [4.78, 5) is 12.3. The van der Waals surface area contributed by atoms with Crippen molar-refractivity contribution >= 4 is 33.3 Å². The second-order valence-electron chi connectivity index (χ2n) is 4.62. The van der Waals surface area contributed by atoms with Crippen molar-refractivity contribution in [2.45, 2.75) is 20.3 Å². The van der Waals surface area contributed by atoms with Crippen molar-refractivity contribution in [1.29, 1.82) is 0 Å². The molecular formula is C16H14BrClO. The molecule has 0 aliphatic rings. The van der Waals surface area contributed by atoms with Crippen LogP contribution in [0.2, 0.25) is 5.02 Å². The van der Waals surface area contributed by atoms with Gasteiger partial charge in [-0.15, -0.1) is 0 Å². The highest BCUT2D eigenvalue weighted by molar-refractivity contribution is 9.10. The Kier molecular flexibility index (Phi) is 4.43. The molecular weight excluding hydrogens is 324 g/mol. The highest BCUT2D eigenvalue weighted by atomic mass is 79.9. The molecule has 0 fully saturated rings. The van der Waals surface area contributed by atoms with Crippen LogP contribution < -0.4 is 0 Å². The van der Waals surface area contributed by atoms with E-state index in [-0.39, 0.29) is 5.78 Å². The number of benzene rings is 2. The van der Waals surface area contributed by atoms with Gasteiger partial charge in [-0.3, -0.25) is 4.79 Å². The molecule has 0 amide bonds. The van der Waals surface area contributed by atoms with Gasteiger partial charge in [-0.2, -0.15) is 0 Å². The largest absolute Gasteiger partial charge is 0.294 e. The number of hydrogen-bond donors (Lipinski definition) is 0. The molecule has 0 heterocycles. The first-order valence-corrected chi connectivity index (χ1v) is 7.19. The molecule has 0 aliphatic carbocycles. The Bertz CT molecular complexity index is 635. The van der Waals surface area contributed by atoms with Crippen LogP contribution in [0.1, 0.15) is 27.0 Å². The fourth-order valence-corrected chi connectivity index (χ4v) is 2.51. The molecule has 0 aliphatic heterocycles. The van der Waals surface area contributed by atoms with E-state index in [9.17, 15) is 4.79 Å². The Morgan fingerprint density at radius 2 is 1.89 bits per heavy atom. The number of ketones is 1. The predicted octanol–water partition coefficient (Wildman–Crippen LogP) is 5.14. The summed E-state index contributed by atoms with van der Waals surface area (Å²) < 4.78 is 0.750. The molecule has 0 aromatic heterocycles. The van der Waals surface area contributed by atoms with Crippen LogP contribution in [-0.4, -0.2) is 5.78 Å². The van der Waals surface area contributed by atoms with E-state index in [0.717, 1.165) is 10.0 Å². The number of carbonyl (C=O) groups is 1. The molecule has 0 radical (unpaired) electrons. The minimum atomic E-state index is 0.0366. The Balaban J connectivity index is 2.26. The van der Waals surface area contributed by atoms with Gasteiger partial charge in [0.05, 0.1) is 5.02 Å². The number of Topliss-reactive ketones (excluding diaryl/α,β-unsaturated/α-hetero) is 1. The SMILES string of the molecule is Cc1ccc(CC(=O)c2cccc(Br)c2Cl)cc1C. The molecule has 0 bridgehead atoms. The quantitative estimate of drug-likeness (QED) is 0.708. The van der Waals surface area contributed by atoms with Crippen LogP contribution in [-0.2, 0) is 6.42 Å². The Labute approximate surface area is 126 Å². The second-order valence-corrected chi connectivity index (χ2v) is 5.85. The summed E-state index contributed by atoms with van der Waals surface area (Å²) in [6, 6.07) is 11.5. The van der Waals surface area contributed by atoms with Gasteiger partial charge in [0.15, 0.2) is 5.78 Å². The molecule has 2 aromatic carbocycles. The maximum atomic E-state index is 12.3. The van der Waals surface area contributed by atoms with Gasteiger partial charge in [0.25, 0.3) is 0 Å². The van der Waals surface area contributed by atoms with Crippen molar-refractivity contribution in [2.24, 2.45) is 0 Å². The van der Waals surface area contributed by atoms with Gasteiger partial charge in [0.2, 0.25) is 0 Å². The first-order chi connectivity index (χ1) is 8.99. The molecule has 0 spiro atoms. The summed E-state index contributed by atoms with van der Waals surface area (Å²) in [5.74, 6) is 0.0366. The van der Waals surface area contributed by atoms with Gasteiger partial charge in [0.1, 0.15) is 0 Å². The van der Waals surface area contributed by atoms with Gasteiger partial charge >= 0.3 is 0 Å². The summed E-state index contributed by atoms with van der Waals surface area (Å²) >= 11 is 9.48. The third-order valence-corrected chi connectivity index (χ3v) is 4.48. The maximum Gasteiger partial charge on any atom is 0.168 e. The highest BCUT2D eigenvalue weighted by Crippen LogP contribution is 2.27. The van der Waals surface area contributed by atoms with Crippen LogP contribution in [0, 0.1) is 13.8 Å². The van der Waals surface area contributed by atoms with Crippen LogP contribution in [0.3, 0.4) is 0 Å². The Morgan fingerprint density at radius 3 is 2.58 bits per heavy atom. The lowest BCUT2D eigenvalue weighted by Gasteiger charge is -2.07. The summed E-state index contributed by atoms with van der Waals surface area (Å²) in [6.45, 7) is 4.11. The normalized spacial score (nSPS) is 10.5. The smallest absolute Gasteiger partial charge is 0.168 e. The summed E-state index contributed by atoms with van der Waals surface area (Å²) in [7, 11) is 0. The summed E-state index contributed by atoms with van der Waals surface area (Å²) in [5.41, 5.74) is 4.01. The molecule has 0 saturated carbocycles. The minimum absolute atomic E-state index is 0.0366. The van der Waals surface area contributed by atoms with Crippen molar-refractivity contribution in [3.63, 3.8) is 0 Å². The van der Waals surface area contributed by atoms with Crippen molar-refractivity contribution < 1.29 is 4.79 Å². The van der Waals surface area contributed by atoms with Gasteiger partial charge in [0, 0.05) is 16.5 Å². The number of aryl methyl sites for hydroxylation is 2. The predicted molar refractivity (Wildman–Crippen MR) is 83.1 cm³/mol. The summed E-state index contributed by atoms with van der Waals surface area (Å²) in [6.07, 6.45) is 0.372. The molecule has 98 valence electrons. The zero-order valence-electron chi connectivity index (χ0n) is 10.8.